The summed E-state index contributed by atoms with van der Waals surface area (Å²) in [6.45, 7) is 1.15. The quantitative estimate of drug-likeness (QED) is 0.894. The van der Waals surface area contributed by atoms with Crippen molar-refractivity contribution in [2.45, 2.75) is 57.1 Å². The molecule has 20 heavy (non-hydrogen) atoms. The number of benzene rings is 1. The molecule has 1 unspecified atom stereocenters. The van der Waals surface area contributed by atoms with Crippen LogP contribution in [0.5, 0.6) is 11.5 Å². The summed E-state index contributed by atoms with van der Waals surface area (Å²) in [4.78, 5) is 0. The third-order valence-corrected chi connectivity index (χ3v) is 4.50. The molecular weight excluding hydrogens is 250 g/mol. The van der Waals surface area contributed by atoms with Crippen LogP contribution in [0.1, 0.15) is 44.1 Å². The second kappa shape index (κ2) is 6.49. The van der Waals surface area contributed by atoms with Gasteiger partial charge in [-0.1, -0.05) is 18.6 Å². The van der Waals surface area contributed by atoms with E-state index in [0.717, 1.165) is 24.5 Å². The van der Waals surface area contributed by atoms with E-state index < -0.39 is 0 Å². The zero-order chi connectivity index (χ0) is 13.8. The molecule has 0 amide bonds. The highest BCUT2D eigenvalue weighted by molar-refractivity contribution is 5.47. The lowest BCUT2D eigenvalue weighted by Crippen LogP contribution is -2.35. The molecule has 0 spiro atoms. The van der Waals surface area contributed by atoms with Crippen molar-refractivity contribution in [3.8, 4) is 11.5 Å². The van der Waals surface area contributed by atoms with E-state index in [9.17, 15) is 0 Å². The Morgan fingerprint density at radius 1 is 1.15 bits per heavy atom. The average molecular weight is 275 g/mol. The van der Waals surface area contributed by atoms with E-state index >= 15 is 0 Å². The largest absolute Gasteiger partial charge is 0.493 e. The molecular formula is C17H25NO2. The predicted octanol–water partition coefficient (Wildman–Crippen LogP) is 3.31. The highest BCUT2D eigenvalue weighted by Gasteiger charge is 2.23. The molecule has 0 bridgehead atoms. The fraction of sp³-hybridized carbons (Fsp3) is 0.647. The van der Waals surface area contributed by atoms with Gasteiger partial charge in [0.2, 0.25) is 0 Å². The second-order valence-electron chi connectivity index (χ2n) is 5.97. The molecule has 1 atom stereocenters. The number of ether oxygens (including phenoxy) is 2. The number of methoxy groups -OCH3 is 1. The van der Waals surface area contributed by atoms with Gasteiger partial charge in [-0.3, -0.25) is 0 Å². The van der Waals surface area contributed by atoms with Gasteiger partial charge in [-0.2, -0.15) is 0 Å². The summed E-state index contributed by atoms with van der Waals surface area (Å²) in [6.07, 6.45) is 8.99. The van der Waals surface area contributed by atoms with Crippen LogP contribution in [0.4, 0.5) is 0 Å². The average Bonchev–Trinajstić information content (AvgIpc) is 2.45. The standard InChI is InChI=1S/C17H25NO2/c1-19-16-10-4-6-13(12-14-7-2-3-11-18-14)17(16)20-15-8-5-9-15/h4,6,10,14-15,18H,2-3,5,7-9,11-12H2,1H3. The summed E-state index contributed by atoms with van der Waals surface area (Å²) >= 11 is 0. The molecule has 3 rings (SSSR count). The topological polar surface area (TPSA) is 30.5 Å². The van der Waals surface area contributed by atoms with Crippen LogP contribution in [0.2, 0.25) is 0 Å². The van der Waals surface area contributed by atoms with Crippen molar-refractivity contribution in [2.24, 2.45) is 0 Å². The Hall–Kier alpha value is -1.22. The summed E-state index contributed by atoms with van der Waals surface area (Å²) in [5.41, 5.74) is 1.29. The highest BCUT2D eigenvalue weighted by atomic mass is 16.5. The van der Waals surface area contributed by atoms with Crippen LogP contribution in [0.25, 0.3) is 0 Å². The van der Waals surface area contributed by atoms with Crippen LogP contribution in [0.15, 0.2) is 18.2 Å². The van der Waals surface area contributed by atoms with Crippen molar-refractivity contribution in [3.63, 3.8) is 0 Å². The summed E-state index contributed by atoms with van der Waals surface area (Å²) in [7, 11) is 1.73. The van der Waals surface area contributed by atoms with Crippen molar-refractivity contribution in [2.75, 3.05) is 13.7 Å². The molecule has 1 aliphatic heterocycles. The first-order chi connectivity index (χ1) is 9.86. The maximum absolute atomic E-state index is 6.19. The molecule has 2 fully saturated rings. The third kappa shape index (κ3) is 3.09. The Morgan fingerprint density at radius 3 is 2.70 bits per heavy atom. The van der Waals surface area contributed by atoms with Crippen molar-refractivity contribution >= 4 is 0 Å². The Kier molecular flexibility index (Phi) is 4.46. The first-order valence-corrected chi connectivity index (χ1v) is 7.92. The van der Waals surface area contributed by atoms with Gasteiger partial charge >= 0.3 is 0 Å². The fourth-order valence-corrected chi connectivity index (χ4v) is 3.04. The Bertz CT molecular complexity index is 437. The van der Waals surface area contributed by atoms with Gasteiger partial charge < -0.3 is 14.8 Å². The number of hydrogen-bond donors (Lipinski definition) is 1. The van der Waals surface area contributed by atoms with Crippen molar-refractivity contribution in [1.29, 1.82) is 0 Å². The van der Waals surface area contributed by atoms with Gasteiger partial charge in [-0.15, -0.1) is 0 Å². The minimum Gasteiger partial charge on any atom is -0.493 e. The van der Waals surface area contributed by atoms with Crippen LogP contribution < -0.4 is 14.8 Å². The number of nitrogens with one attached hydrogen (secondary N) is 1. The highest BCUT2D eigenvalue weighted by Crippen LogP contribution is 2.36. The normalized spacial score (nSPS) is 23.1. The first kappa shape index (κ1) is 13.7. The Labute approximate surface area is 121 Å². The molecule has 3 heteroatoms. The van der Waals surface area contributed by atoms with Gasteiger partial charge in [-0.05, 0) is 56.7 Å². The third-order valence-electron chi connectivity index (χ3n) is 4.50. The van der Waals surface area contributed by atoms with Gasteiger partial charge in [0, 0.05) is 6.04 Å². The van der Waals surface area contributed by atoms with E-state index in [0.29, 0.717) is 12.1 Å². The minimum absolute atomic E-state index is 0.393. The molecule has 3 nitrogen and oxygen atoms in total. The number of piperidine rings is 1. The van der Waals surface area contributed by atoms with Crippen LogP contribution >= 0.6 is 0 Å². The van der Waals surface area contributed by atoms with Gasteiger partial charge in [0.15, 0.2) is 11.5 Å². The van der Waals surface area contributed by atoms with E-state index in [4.69, 9.17) is 9.47 Å². The Balaban J connectivity index is 1.76. The van der Waals surface area contributed by atoms with Crippen LogP contribution in [-0.2, 0) is 6.42 Å². The zero-order valence-corrected chi connectivity index (χ0v) is 12.4. The number of rotatable bonds is 5. The monoisotopic (exact) mass is 275 g/mol. The number of para-hydroxylation sites is 1. The second-order valence-corrected chi connectivity index (χ2v) is 5.97. The van der Waals surface area contributed by atoms with Crippen LogP contribution in [0.3, 0.4) is 0 Å². The maximum Gasteiger partial charge on any atom is 0.164 e. The van der Waals surface area contributed by atoms with Gasteiger partial charge in [0.25, 0.3) is 0 Å². The SMILES string of the molecule is COc1cccc(CC2CCCCN2)c1OC1CCC1. The predicted molar refractivity (Wildman–Crippen MR) is 80.6 cm³/mol. The summed E-state index contributed by atoms with van der Waals surface area (Å²) in [5, 5.41) is 3.62. The smallest absolute Gasteiger partial charge is 0.164 e. The number of hydrogen-bond acceptors (Lipinski definition) is 3. The van der Waals surface area contributed by atoms with E-state index in [1.807, 2.05) is 6.07 Å². The van der Waals surface area contributed by atoms with E-state index in [2.05, 4.69) is 17.4 Å². The summed E-state index contributed by atoms with van der Waals surface area (Å²) in [6, 6.07) is 6.85. The summed E-state index contributed by atoms with van der Waals surface area (Å²) in [5.74, 6) is 1.86. The van der Waals surface area contributed by atoms with Gasteiger partial charge in [0.1, 0.15) is 0 Å². The Morgan fingerprint density at radius 2 is 2.05 bits per heavy atom. The lowest BCUT2D eigenvalue weighted by atomic mass is 9.95. The fourth-order valence-electron chi connectivity index (χ4n) is 3.04. The van der Waals surface area contributed by atoms with Gasteiger partial charge in [-0.25, -0.2) is 0 Å². The molecule has 2 aliphatic rings. The molecule has 110 valence electrons. The van der Waals surface area contributed by atoms with Crippen molar-refractivity contribution in [1.82, 2.24) is 5.32 Å². The van der Waals surface area contributed by atoms with Crippen LogP contribution in [-0.4, -0.2) is 25.8 Å². The molecule has 1 saturated heterocycles. The molecule has 1 aromatic rings. The molecule has 1 saturated carbocycles. The molecule has 1 aromatic carbocycles. The lowest BCUT2D eigenvalue weighted by molar-refractivity contribution is 0.114. The summed E-state index contributed by atoms with van der Waals surface area (Å²) < 4.78 is 11.7. The van der Waals surface area contributed by atoms with Crippen molar-refractivity contribution < 1.29 is 9.47 Å². The van der Waals surface area contributed by atoms with E-state index in [-0.39, 0.29) is 0 Å². The van der Waals surface area contributed by atoms with E-state index in [1.54, 1.807) is 7.11 Å². The molecule has 0 radical (unpaired) electrons. The maximum atomic E-state index is 6.19. The van der Waals surface area contributed by atoms with Crippen LogP contribution in [0, 0.1) is 0 Å². The lowest BCUT2D eigenvalue weighted by Gasteiger charge is -2.30. The zero-order valence-electron chi connectivity index (χ0n) is 12.4. The molecule has 1 N–H and O–H groups in total. The molecule has 1 aliphatic carbocycles. The first-order valence-electron chi connectivity index (χ1n) is 7.92. The minimum atomic E-state index is 0.393. The van der Waals surface area contributed by atoms with Crippen molar-refractivity contribution in [3.05, 3.63) is 23.8 Å². The molecule has 1 heterocycles. The molecule has 0 aromatic heterocycles. The van der Waals surface area contributed by atoms with E-state index in [1.165, 1.54) is 44.1 Å². The van der Waals surface area contributed by atoms with Gasteiger partial charge in [0.05, 0.1) is 13.2 Å².